The highest BCUT2D eigenvalue weighted by atomic mass is 16.1. The van der Waals surface area contributed by atoms with Gasteiger partial charge in [-0.3, -0.25) is 9.78 Å². The molecule has 1 aromatic carbocycles. The van der Waals surface area contributed by atoms with Crippen molar-refractivity contribution in [1.29, 1.82) is 0 Å². The van der Waals surface area contributed by atoms with E-state index in [2.05, 4.69) is 10.3 Å². The van der Waals surface area contributed by atoms with Crippen molar-refractivity contribution in [3.63, 3.8) is 0 Å². The monoisotopic (exact) mass is 224 g/mol. The molecule has 2 aromatic rings. The number of fused-ring (bicyclic) bond motifs is 1. The smallest absolute Gasteiger partial charge is 0.167 e. The van der Waals surface area contributed by atoms with Crippen LogP contribution in [0, 0.1) is 0 Å². The molecule has 84 valence electrons. The fourth-order valence-corrected chi connectivity index (χ4v) is 2.15. The van der Waals surface area contributed by atoms with E-state index in [1.54, 1.807) is 6.20 Å². The van der Waals surface area contributed by atoms with Gasteiger partial charge < -0.3 is 5.32 Å². The van der Waals surface area contributed by atoms with Crippen molar-refractivity contribution in [3.05, 3.63) is 59.9 Å². The van der Waals surface area contributed by atoms with Crippen LogP contribution in [-0.2, 0) is 0 Å². The van der Waals surface area contributed by atoms with Gasteiger partial charge in [-0.2, -0.15) is 0 Å². The van der Waals surface area contributed by atoms with Crippen LogP contribution in [0.4, 0.5) is 5.69 Å². The maximum absolute atomic E-state index is 12.0. The summed E-state index contributed by atoms with van der Waals surface area (Å²) < 4.78 is 0. The van der Waals surface area contributed by atoms with E-state index in [0.717, 1.165) is 16.9 Å². The Kier molecular flexibility index (Phi) is 2.37. The molecule has 0 radical (unpaired) electrons. The highest BCUT2D eigenvalue weighted by Crippen LogP contribution is 2.31. The number of nitrogens with zero attached hydrogens (tertiary/aromatic N) is 1. The molecule has 1 unspecified atom stereocenters. The second-order valence-electron chi connectivity index (χ2n) is 4.12. The zero-order valence-corrected chi connectivity index (χ0v) is 9.26. The average Bonchev–Trinajstić information content (AvgIpc) is 2.40. The molecular formula is C14H12N2O. The number of carbonyl (C=O) groups is 1. The molecule has 3 rings (SSSR count). The second kappa shape index (κ2) is 4.01. The van der Waals surface area contributed by atoms with Gasteiger partial charge in [-0.05, 0) is 24.3 Å². The van der Waals surface area contributed by atoms with Gasteiger partial charge in [0.1, 0.15) is 0 Å². The number of benzene rings is 1. The number of pyridine rings is 1. The lowest BCUT2D eigenvalue weighted by Crippen LogP contribution is -2.23. The van der Waals surface area contributed by atoms with Crippen LogP contribution < -0.4 is 5.32 Å². The van der Waals surface area contributed by atoms with Crippen molar-refractivity contribution in [1.82, 2.24) is 4.98 Å². The van der Waals surface area contributed by atoms with Crippen LogP contribution in [0.2, 0.25) is 0 Å². The van der Waals surface area contributed by atoms with E-state index in [4.69, 9.17) is 0 Å². The van der Waals surface area contributed by atoms with Crippen LogP contribution in [0.25, 0.3) is 0 Å². The fourth-order valence-electron chi connectivity index (χ4n) is 2.15. The van der Waals surface area contributed by atoms with E-state index in [-0.39, 0.29) is 11.8 Å². The van der Waals surface area contributed by atoms with Gasteiger partial charge in [0.15, 0.2) is 5.78 Å². The normalized spacial score (nSPS) is 18.4. The Balaban J connectivity index is 1.97. The topological polar surface area (TPSA) is 42.0 Å². The Hall–Kier alpha value is -2.16. The predicted octanol–water partition coefficient (Wildman–Crippen LogP) is 2.82. The van der Waals surface area contributed by atoms with E-state index in [1.165, 1.54) is 0 Å². The number of aromatic nitrogens is 1. The molecule has 1 aliphatic rings. The van der Waals surface area contributed by atoms with Gasteiger partial charge in [0.2, 0.25) is 0 Å². The molecule has 2 heterocycles. The highest BCUT2D eigenvalue weighted by Gasteiger charge is 2.25. The molecule has 17 heavy (non-hydrogen) atoms. The van der Waals surface area contributed by atoms with Gasteiger partial charge in [-0.25, -0.2) is 0 Å². The molecule has 0 saturated carbocycles. The SMILES string of the molecule is O=C1CC(c2ccccn2)Nc2ccccc21. The number of ketones is 1. The molecule has 0 amide bonds. The minimum Gasteiger partial charge on any atom is -0.376 e. The standard InChI is InChI=1S/C14H12N2O/c17-14-9-13(12-7-3-4-8-15-12)16-11-6-2-1-5-10(11)14/h1-8,13,16H,9H2. The second-order valence-corrected chi connectivity index (χ2v) is 4.12. The van der Waals surface area contributed by atoms with E-state index < -0.39 is 0 Å². The van der Waals surface area contributed by atoms with Gasteiger partial charge in [-0.15, -0.1) is 0 Å². The summed E-state index contributed by atoms with van der Waals surface area (Å²) in [5.74, 6) is 0.176. The van der Waals surface area contributed by atoms with Crippen molar-refractivity contribution < 1.29 is 4.79 Å². The number of rotatable bonds is 1. The molecule has 1 N–H and O–H groups in total. The number of anilines is 1. The lowest BCUT2D eigenvalue weighted by atomic mass is 9.95. The summed E-state index contributed by atoms with van der Waals surface area (Å²) in [5.41, 5.74) is 2.59. The van der Waals surface area contributed by atoms with Crippen molar-refractivity contribution in [2.75, 3.05) is 5.32 Å². The van der Waals surface area contributed by atoms with Crippen LogP contribution in [0.5, 0.6) is 0 Å². The van der Waals surface area contributed by atoms with E-state index >= 15 is 0 Å². The molecule has 0 bridgehead atoms. The molecular weight excluding hydrogens is 212 g/mol. The first-order chi connectivity index (χ1) is 8.34. The van der Waals surface area contributed by atoms with Crippen molar-refractivity contribution in [2.24, 2.45) is 0 Å². The van der Waals surface area contributed by atoms with Crippen LogP contribution in [0.3, 0.4) is 0 Å². The summed E-state index contributed by atoms with van der Waals surface area (Å²) in [6.07, 6.45) is 2.22. The summed E-state index contributed by atoms with van der Waals surface area (Å²) in [4.78, 5) is 16.3. The van der Waals surface area contributed by atoms with Crippen LogP contribution >= 0.6 is 0 Å². The molecule has 0 fully saturated rings. The van der Waals surface area contributed by atoms with E-state index in [0.29, 0.717) is 6.42 Å². The van der Waals surface area contributed by atoms with Gasteiger partial charge in [0, 0.05) is 23.9 Å². The van der Waals surface area contributed by atoms with Crippen molar-refractivity contribution in [2.45, 2.75) is 12.5 Å². The predicted molar refractivity (Wildman–Crippen MR) is 66.0 cm³/mol. The maximum Gasteiger partial charge on any atom is 0.167 e. The summed E-state index contributed by atoms with van der Waals surface area (Å²) in [6, 6.07) is 13.4. The first-order valence-corrected chi connectivity index (χ1v) is 5.64. The van der Waals surface area contributed by atoms with E-state index in [9.17, 15) is 4.79 Å². The molecule has 3 nitrogen and oxygen atoms in total. The zero-order chi connectivity index (χ0) is 11.7. The summed E-state index contributed by atoms with van der Waals surface area (Å²) in [6.45, 7) is 0. The zero-order valence-electron chi connectivity index (χ0n) is 9.26. The molecule has 1 aromatic heterocycles. The Labute approximate surface area is 99.5 Å². The van der Waals surface area contributed by atoms with Gasteiger partial charge >= 0.3 is 0 Å². The lowest BCUT2D eigenvalue weighted by Gasteiger charge is -2.25. The van der Waals surface area contributed by atoms with Crippen molar-refractivity contribution in [3.8, 4) is 0 Å². The first kappa shape index (κ1) is 10.0. The summed E-state index contributed by atoms with van der Waals surface area (Å²) in [5, 5.41) is 3.36. The number of hydrogen-bond acceptors (Lipinski definition) is 3. The number of carbonyl (C=O) groups excluding carboxylic acids is 1. The third kappa shape index (κ3) is 1.80. The molecule has 0 spiro atoms. The molecule has 0 aliphatic carbocycles. The number of para-hydroxylation sites is 1. The summed E-state index contributed by atoms with van der Waals surface area (Å²) in [7, 11) is 0. The van der Waals surface area contributed by atoms with Gasteiger partial charge in [0.25, 0.3) is 0 Å². The molecule has 3 heteroatoms. The summed E-state index contributed by atoms with van der Waals surface area (Å²) >= 11 is 0. The fraction of sp³-hybridized carbons (Fsp3) is 0.143. The number of Topliss-reactive ketones (excluding diaryl/α,β-unsaturated/α-hetero) is 1. The van der Waals surface area contributed by atoms with Crippen LogP contribution in [0.1, 0.15) is 28.5 Å². The Bertz CT molecular complexity index is 551. The quantitative estimate of drug-likeness (QED) is 0.809. The first-order valence-electron chi connectivity index (χ1n) is 5.64. The lowest BCUT2D eigenvalue weighted by molar-refractivity contribution is 0.0971. The average molecular weight is 224 g/mol. The van der Waals surface area contributed by atoms with Crippen molar-refractivity contribution >= 4 is 11.5 Å². The maximum atomic E-state index is 12.0. The Morgan fingerprint density at radius 2 is 1.94 bits per heavy atom. The highest BCUT2D eigenvalue weighted by molar-refractivity contribution is 6.03. The third-order valence-corrected chi connectivity index (χ3v) is 2.99. The molecule has 1 atom stereocenters. The Morgan fingerprint density at radius 1 is 1.12 bits per heavy atom. The number of nitrogens with one attached hydrogen (secondary N) is 1. The van der Waals surface area contributed by atoms with Crippen LogP contribution in [0.15, 0.2) is 48.7 Å². The van der Waals surface area contributed by atoms with Crippen LogP contribution in [-0.4, -0.2) is 10.8 Å². The minimum absolute atomic E-state index is 0.0152. The third-order valence-electron chi connectivity index (χ3n) is 2.99. The largest absolute Gasteiger partial charge is 0.376 e. The molecule has 0 saturated heterocycles. The van der Waals surface area contributed by atoms with E-state index in [1.807, 2.05) is 42.5 Å². The molecule has 1 aliphatic heterocycles. The van der Waals surface area contributed by atoms with Gasteiger partial charge in [0.05, 0.1) is 11.7 Å². The Morgan fingerprint density at radius 3 is 2.76 bits per heavy atom. The van der Waals surface area contributed by atoms with Gasteiger partial charge in [-0.1, -0.05) is 18.2 Å². The number of hydrogen-bond donors (Lipinski definition) is 1. The minimum atomic E-state index is -0.0152.